The Kier molecular flexibility index (Phi) is 9.53. The van der Waals surface area contributed by atoms with Gasteiger partial charge in [-0.1, -0.05) is 30.7 Å². The molecule has 0 heterocycles. The van der Waals surface area contributed by atoms with Gasteiger partial charge < -0.3 is 15.0 Å². The number of rotatable bonds is 10. The highest BCUT2D eigenvalue weighted by atomic mass is 35.5. The summed E-state index contributed by atoms with van der Waals surface area (Å²) >= 11 is 7.37. The number of thioether (sulfide) groups is 1. The van der Waals surface area contributed by atoms with Gasteiger partial charge in [0, 0.05) is 22.5 Å². The molecule has 0 fully saturated rings. The lowest BCUT2D eigenvalue weighted by atomic mass is 10.1. The Morgan fingerprint density at radius 2 is 1.87 bits per heavy atom. The normalized spacial score (nSPS) is 11.8. The van der Waals surface area contributed by atoms with Crippen LogP contribution in [-0.2, 0) is 16.1 Å². The Morgan fingerprint density at radius 3 is 2.47 bits per heavy atom. The molecule has 2 aromatic carbocycles. The molecular formula is C23H29ClN2O3S. The maximum Gasteiger partial charge on any atom is 0.243 e. The average Bonchev–Trinajstić information content (AvgIpc) is 2.72. The molecule has 0 saturated carbocycles. The van der Waals surface area contributed by atoms with Crippen LogP contribution in [0.4, 0.5) is 0 Å². The molecule has 0 aliphatic carbocycles. The van der Waals surface area contributed by atoms with E-state index < -0.39 is 6.04 Å². The minimum absolute atomic E-state index is 0.00348. The molecule has 2 rings (SSSR count). The van der Waals surface area contributed by atoms with Crippen LogP contribution in [0.25, 0.3) is 0 Å². The third-order valence-electron chi connectivity index (χ3n) is 4.48. The van der Waals surface area contributed by atoms with Crippen molar-refractivity contribution in [1.29, 1.82) is 0 Å². The number of hydrogen-bond donors (Lipinski definition) is 1. The van der Waals surface area contributed by atoms with E-state index in [1.807, 2.05) is 57.2 Å². The van der Waals surface area contributed by atoms with Crippen molar-refractivity contribution in [2.45, 2.75) is 50.7 Å². The van der Waals surface area contributed by atoms with Gasteiger partial charge in [0.1, 0.15) is 11.8 Å². The third kappa shape index (κ3) is 7.26. The lowest BCUT2D eigenvalue weighted by molar-refractivity contribution is -0.139. The standard InChI is InChI=1S/C23H29ClN2O3S/c1-5-21(23(28)25-16(2)3)26(14-17-7-6-8-19(13-17)29-4)22(27)15-30-20-11-9-18(24)10-12-20/h6-13,16,21H,5,14-15H2,1-4H3,(H,25,28). The van der Waals surface area contributed by atoms with Crippen LogP contribution >= 0.6 is 23.4 Å². The van der Waals surface area contributed by atoms with Crippen LogP contribution in [0.3, 0.4) is 0 Å². The van der Waals surface area contributed by atoms with Gasteiger partial charge >= 0.3 is 0 Å². The molecule has 162 valence electrons. The Morgan fingerprint density at radius 1 is 1.17 bits per heavy atom. The number of benzene rings is 2. The van der Waals surface area contributed by atoms with Gasteiger partial charge in [-0.2, -0.15) is 0 Å². The van der Waals surface area contributed by atoms with Crippen molar-refractivity contribution >= 4 is 35.2 Å². The highest BCUT2D eigenvalue weighted by Gasteiger charge is 2.29. The van der Waals surface area contributed by atoms with Crippen molar-refractivity contribution in [2.24, 2.45) is 0 Å². The van der Waals surface area contributed by atoms with Gasteiger partial charge in [0.05, 0.1) is 12.9 Å². The third-order valence-corrected chi connectivity index (χ3v) is 5.73. The zero-order valence-electron chi connectivity index (χ0n) is 17.9. The van der Waals surface area contributed by atoms with E-state index in [1.165, 1.54) is 11.8 Å². The Bertz CT molecular complexity index is 843. The van der Waals surface area contributed by atoms with Crippen LogP contribution in [-0.4, -0.2) is 41.7 Å². The second-order valence-electron chi connectivity index (χ2n) is 7.20. The Balaban J connectivity index is 2.22. The number of amides is 2. The highest BCUT2D eigenvalue weighted by molar-refractivity contribution is 8.00. The van der Waals surface area contributed by atoms with Gasteiger partial charge in [-0.25, -0.2) is 0 Å². The van der Waals surface area contributed by atoms with Crippen molar-refractivity contribution in [1.82, 2.24) is 10.2 Å². The fourth-order valence-corrected chi connectivity index (χ4v) is 3.94. The SMILES string of the molecule is CCC(C(=O)NC(C)C)N(Cc1cccc(OC)c1)C(=O)CSc1ccc(Cl)cc1. The monoisotopic (exact) mass is 448 g/mol. The number of carbonyl (C=O) groups is 2. The molecular weight excluding hydrogens is 420 g/mol. The largest absolute Gasteiger partial charge is 0.497 e. The number of methoxy groups -OCH3 is 1. The van der Waals surface area contributed by atoms with E-state index in [4.69, 9.17) is 16.3 Å². The summed E-state index contributed by atoms with van der Waals surface area (Å²) in [6.45, 7) is 6.08. The van der Waals surface area contributed by atoms with E-state index in [0.29, 0.717) is 18.0 Å². The number of carbonyl (C=O) groups excluding carboxylic acids is 2. The van der Waals surface area contributed by atoms with Crippen molar-refractivity contribution in [3.05, 3.63) is 59.1 Å². The number of nitrogens with one attached hydrogen (secondary N) is 1. The van der Waals surface area contributed by atoms with Crippen LogP contribution in [0.1, 0.15) is 32.8 Å². The molecule has 0 aromatic heterocycles. The first-order valence-electron chi connectivity index (χ1n) is 9.95. The maximum atomic E-state index is 13.2. The van der Waals surface area contributed by atoms with Gasteiger partial charge in [0.15, 0.2) is 0 Å². The predicted octanol–water partition coefficient (Wildman–Crippen LogP) is 4.77. The smallest absolute Gasteiger partial charge is 0.243 e. The zero-order valence-corrected chi connectivity index (χ0v) is 19.4. The molecule has 0 aliphatic heterocycles. The Labute approximate surface area is 188 Å². The zero-order chi connectivity index (χ0) is 22.1. The minimum atomic E-state index is -0.545. The van der Waals surface area contributed by atoms with E-state index in [1.54, 1.807) is 24.1 Å². The van der Waals surface area contributed by atoms with Gasteiger partial charge in [-0.05, 0) is 62.2 Å². The molecule has 0 radical (unpaired) electrons. The van der Waals surface area contributed by atoms with Gasteiger partial charge in [0.2, 0.25) is 11.8 Å². The lowest BCUT2D eigenvalue weighted by Gasteiger charge is -2.31. The first kappa shape index (κ1) is 24.1. The molecule has 0 bridgehead atoms. The first-order valence-corrected chi connectivity index (χ1v) is 11.3. The topological polar surface area (TPSA) is 58.6 Å². The maximum absolute atomic E-state index is 13.2. The number of nitrogens with zero attached hydrogens (tertiary/aromatic N) is 1. The number of hydrogen-bond acceptors (Lipinski definition) is 4. The van der Waals surface area contributed by atoms with Crippen LogP contribution in [0.15, 0.2) is 53.4 Å². The van der Waals surface area contributed by atoms with Crippen LogP contribution in [0.2, 0.25) is 5.02 Å². The van der Waals surface area contributed by atoms with Crippen molar-refractivity contribution < 1.29 is 14.3 Å². The molecule has 2 aromatic rings. The quantitative estimate of drug-likeness (QED) is 0.532. The molecule has 0 saturated heterocycles. The van der Waals surface area contributed by atoms with E-state index in [2.05, 4.69) is 5.32 Å². The molecule has 1 atom stereocenters. The second-order valence-corrected chi connectivity index (χ2v) is 8.69. The van der Waals surface area contributed by atoms with E-state index in [0.717, 1.165) is 16.2 Å². The lowest BCUT2D eigenvalue weighted by Crippen LogP contribution is -2.50. The van der Waals surface area contributed by atoms with Gasteiger partial charge in [-0.3, -0.25) is 9.59 Å². The molecule has 0 spiro atoms. The summed E-state index contributed by atoms with van der Waals surface area (Å²) in [5.41, 5.74) is 0.912. The molecule has 2 amide bonds. The van der Waals surface area contributed by atoms with Crippen molar-refractivity contribution in [3.63, 3.8) is 0 Å². The van der Waals surface area contributed by atoms with Gasteiger partial charge in [0.25, 0.3) is 0 Å². The first-order chi connectivity index (χ1) is 14.3. The molecule has 1 N–H and O–H groups in total. The Hall–Kier alpha value is -2.18. The number of ether oxygens (including phenoxy) is 1. The summed E-state index contributed by atoms with van der Waals surface area (Å²) < 4.78 is 5.30. The summed E-state index contributed by atoms with van der Waals surface area (Å²) in [7, 11) is 1.61. The number of halogens is 1. The molecule has 0 aliphatic rings. The van der Waals surface area contributed by atoms with E-state index in [9.17, 15) is 9.59 Å². The summed E-state index contributed by atoms with van der Waals surface area (Å²) in [5, 5.41) is 3.59. The molecule has 5 nitrogen and oxygen atoms in total. The molecule has 1 unspecified atom stereocenters. The molecule has 30 heavy (non-hydrogen) atoms. The minimum Gasteiger partial charge on any atom is -0.497 e. The average molecular weight is 449 g/mol. The van der Waals surface area contributed by atoms with E-state index >= 15 is 0 Å². The van der Waals surface area contributed by atoms with Crippen LogP contribution in [0.5, 0.6) is 5.75 Å². The summed E-state index contributed by atoms with van der Waals surface area (Å²) in [6.07, 6.45) is 0.528. The molecule has 7 heteroatoms. The summed E-state index contributed by atoms with van der Waals surface area (Å²) in [4.78, 5) is 28.6. The predicted molar refractivity (Wildman–Crippen MR) is 123 cm³/mol. The van der Waals surface area contributed by atoms with Crippen molar-refractivity contribution in [3.8, 4) is 5.75 Å². The van der Waals surface area contributed by atoms with Crippen LogP contribution < -0.4 is 10.1 Å². The second kappa shape index (κ2) is 11.9. The fourth-order valence-electron chi connectivity index (χ4n) is 3.03. The van der Waals surface area contributed by atoms with Gasteiger partial charge in [-0.15, -0.1) is 11.8 Å². The summed E-state index contributed by atoms with van der Waals surface area (Å²) in [5.74, 6) is 0.718. The van der Waals surface area contributed by atoms with Crippen LogP contribution in [0, 0.1) is 0 Å². The van der Waals surface area contributed by atoms with Crippen molar-refractivity contribution in [2.75, 3.05) is 12.9 Å². The van der Waals surface area contributed by atoms with E-state index in [-0.39, 0.29) is 23.6 Å². The summed E-state index contributed by atoms with van der Waals surface area (Å²) in [6, 6.07) is 14.4. The fraction of sp³-hybridized carbons (Fsp3) is 0.391. The highest BCUT2D eigenvalue weighted by Crippen LogP contribution is 2.23.